The molecule has 5 nitrogen and oxygen atoms in total. The topological polar surface area (TPSA) is 91.7 Å². The Morgan fingerprint density at radius 2 is 1.50 bits per heavy atom. The summed E-state index contributed by atoms with van der Waals surface area (Å²) in [5.41, 5.74) is 0. The summed E-state index contributed by atoms with van der Waals surface area (Å²) in [6.07, 6.45) is 0. The largest absolute Gasteiger partial charge is 0.373 e. The zero-order valence-electron chi connectivity index (χ0n) is 3.94. The number of rotatable bonds is 1. The number of hydrogen-bond donors (Lipinski definition) is 2. The minimum Gasteiger partial charge on any atom is -0.292 e. The summed E-state index contributed by atoms with van der Waals surface area (Å²) in [4.78, 5) is 0. The van der Waals surface area contributed by atoms with Crippen LogP contribution in [0.4, 0.5) is 0 Å². The van der Waals surface area contributed by atoms with Crippen molar-refractivity contribution in [1.82, 2.24) is 0 Å². The van der Waals surface area contributed by atoms with Crippen molar-refractivity contribution in [3.8, 4) is 0 Å². The van der Waals surface area contributed by atoms with Crippen LogP contribution in [0.15, 0.2) is 0 Å². The van der Waals surface area contributed by atoms with Crippen LogP contribution in [0.25, 0.3) is 0 Å². The summed E-state index contributed by atoms with van der Waals surface area (Å²) in [6, 6.07) is 0. The van der Waals surface area contributed by atoms with Gasteiger partial charge < -0.3 is 0 Å². The van der Waals surface area contributed by atoms with E-state index in [0.29, 0.717) is 0 Å². The number of hydrogen-bond acceptors (Lipinski definition) is 3. The van der Waals surface area contributed by atoms with Gasteiger partial charge in [0.1, 0.15) is 0 Å². The van der Waals surface area contributed by atoms with Crippen molar-refractivity contribution in [1.29, 1.82) is 0 Å². The summed E-state index contributed by atoms with van der Waals surface area (Å²) < 4.78 is 43.0. The maximum Gasteiger partial charge on any atom is 0.373 e. The molecule has 0 rings (SSSR count). The first kappa shape index (κ1) is 12.3. The molecule has 45 valence electrons. The van der Waals surface area contributed by atoms with E-state index in [1.807, 2.05) is 0 Å². The van der Waals surface area contributed by atoms with Crippen LogP contribution in [0.5, 0.6) is 0 Å². The van der Waals surface area contributed by atoms with E-state index in [-0.39, 0.29) is 51.4 Å². The molecule has 0 aromatic carbocycles. The van der Waals surface area contributed by atoms with E-state index in [9.17, 15) is 12.6 Å². The standard InChI is InChI=1S/K.H2O5S2/c;1-6(2)7(3,4)5/h;(H,1,2)(H,3,4,5). The normalized spacial score (nSPS) is 14.2. The maximum absolute atomic E-state index is 9.34. The van der Waals surface area contributed by atoms with Crippen LogP contribution >= 0.6 is 0 Å². The molecule has 0 saturated carbocycles. The van der Waals surface area contributed by atoms with E-state index in [0.717, 1.165) is 0 Å². The first-order chi connectivity index (χ1) is 2.94. The van der Waals surface area contributed by atoms with Crippen molar-refractivity contribution in [3.63, 3.8) is 0 Å². The first-order valence-electron chi connectivity index (χ1n) is 1.03. The molecule has 0 saturated heterocycles. The van der Waals surface area contributed by atoms with Gasteiger partial charge in [-0.1, -0.05) is 0 Å². The zero-order chi connectivity index (χ0) is 6.08. The van der Waals surface area contributed by atoms with Crippen molar-refractivity contribution in [2.45, 2.75) is 0 Å². The summed E-state index contributed by atoms with van der Waals surface area (Å²) in [5, 5.41) is 0. The molecular weight excluding hydrogens is 183 g/mol. The van der Waals surface area contributed by atoms with Gasteiger partial charge in [0.15, 0.2) is 0 Å². The van der Waals surface area contributed by atoms with Gasteiger partial charge in [0.25, 0.3) is 0 Å². The minimum atomic E-state index is -4.71. The van der Waals surface area contributed by atoms with E-state index in [1.54, 1.807) is 0 Å². The van der Waals surface area contributed by atoms with Crippen LogP contribution in [0.2, 0.25) is 0 Å². The Hall–Kier alpha value is 1.66. The Bertz CT molecular complexity index is 165. The molecule has 0 bridgehead atoms. The summed E-state index contributed by atoms with van der Waals surface area (Å²) in [5.74, 6) is 0. The fraction of sp³-hybridized carbons (Fsp3) is 0. The third kappa shape index (κ3) is 5.79. The van der Waals surface area contributed by atoms with E-state index < -0.39 is 19.3 Å². The average molecular weight is 185 g/mol. The third-order valence-electron chi connectivity index (χ3n) is 0.180. The van der Waals surface area contributed by atoms with Crippen LogP contribution < -0.4 is 0 Å². The average Bonchev–Trinajstić information content (AvgIpc) is 1.31. The predicted octanol–water partition coefficient (Wildman–Crippen LogP) is -1.37. The molecule has 0 aliphatic carbocycles. The Kier molecular flexibility index (Phi) is 6.89. The Morgan fingerprint density at radius 1 is 1.38 bits per heavy atom. The van der Waals surface area contributed by atoms with Gasteiger partial charge in [0.05, 0.1) is 0 Å². The van der Waals surface area contributed by atoms with E-state index in [4.69, 9.17) is 9.11 Å². The van der Waals surface area contributed by atoms with Gasteiger partial charge in [0, 0.05) is 51.4 Å². The Morgan fingerprint density at radius 3 is 1.50 bits per heavy atom. The van der Waals surface area contributed by atoms with Gasteiger partial charge in [-0.05, 0) is 0 Å². The second-order valence-corrected chi connectivity index (χ2v) is 4.05. The van der Waals surface area contributed by atoms with Crippen LogP contribution in [0.1, 0.15) is 0 Å². The Balaban J connectivity index is 0. The molecule has 0 fully saturated rings. The second-order valence-electron chi connectivity index (χ2n) is 0.645. The van der Waals surface area contributed by atoms with Crippen molar-refractivity contribution in [3.05, 3.63) is 0 Å². The fourth-order valence-electron chi connectivity index (χ4n) is 0. The van der Waals surface area contributed by atoms with E-state index >= 15 is 0 Å². The monoisotopic (exact) mass is 185 g/mol. The van der Waals surface area contributed by atoms with Crippen molar-refractivity contribution in [2.24, 2.45) is 0 Å². The minimum absolute atomic E-state index is 0. The molecule has 0 aromatic rings. The van der Waals surface area contributed by atoms with Gasteiger partial charge in [-0.3, -0.25) is 9.11 Å². The smallest absolute Gasteiger partial charge is 0.292 e. The molecule has 1 atom stereocenters. The molecule has 0 heterocycles. The van der Waals surface area contributed by atoms with Gasteiger partial charge >= 0.3 is 19.3 Å². The molecule has 1 radical (unpaired) electrons. The van der Waals surface area contributed by atoms with E-state index in [1.165, 1.54) is 0 Å². The van der Waals surface area contributed by atoms with Crippen LogP contribution in [0, 0.1) is 0 Å². The van der Waals surface area contributed by atoms with Crippen LogP contribution in [-0.2, 0) is 19.3 Å². The first-order valence-corrected chi connectivity index (χ1v) is 4.10. The fourth-order valence-corrected chi connectivity index (χ4v) is 0. The molecule has 0 aliphatic heterocycles. The second kappa shape index (κ2) is 4.47. The van der Waals surface area contributed by atoms with Crippen molar-refractivity contribution >= 4 is 70.6 Å². The van der Waals surface area contributed by atoms with Crippen molar-refractivity contribution in [2.75, 3.05) is 0 Å². The quantitative estimate of drug-likeness (QED) is 0.227. The van der Waals surface area contributed by atoms with Crippen LogP contribution in [0.3, 0.4) is 0 Å². The molecule has 0 spiro atoms. The predicted molar refractivity (Wildman–Crippen MR) is 28.1 cm³/mol. The summed E-state index contributed by atoms with van der Waals surface area (Å²) in [6.45, 7) is 0. The SMILES string of the molecule is O=S(O)S(=O)(=O)O.[K]. The molecule has 0 aromatic heterocycles. The van der Waals surface area contributed by atoms with Gasteiger partial charge in [-0.2, -0.15) is 8.42 Å². The molecule has 2 N–H and O–H groups in total. The van der Waals surface area contributed by atoms with Crippen LogP contribution in [-0.4, -0.2) is 73.1 Å². The van der Waals surface area contributed by atoms with Gasteiger partial charge in [0.2, 0.25) is 0 Å². The summed E-state index contributed by atoms with van der Waals surface area (Å²) >= 11 is 0. The van der Waals surface area contributed by atoms with Crippen molar-refractivity contribution < 1.29 is 21.7 Å². The summed E-state index contributed by atoms with van der Waals surface area (Å²) in [7, 11) is -7.87. The molecule has 8 heavy (non-hydrogen) atoms. The van der Waals surface area contributed by atoms with E-state index in [2.05, 4.69) is 0 Å². The maximum atomic E-state index is 9.34. The molecule has 1 unspecified atom stereocenters. The Labute approximate surface area is 90.7 Å². The van der Waals surface area contributed by atoms with Gasteiger partial charge in [-0.15, -0.1) is 0 Å². The molecular formula is H2KO5S2. The molecule has 0 amide bonds. The zero-order valence-corrected chi connectivity index (χ0v) is 8.69. The van der Waals surface area contributed by atoms with Gasteiger partial charge in [-0.25, -0.2) is 4.21 Å². The molecule has 8 heteroatoms. The molecule has 0 aliphatic rings. The third-order valence-corrected chi connectivity index (χ3v) is 1.62.